The second-order valence-corrected chi connectivity index (χ2v) is 2.94. The smallest absolute Gasteiger partial charge is 0.331 e. The fourth-order valence-electron chi connectivity index (χ4n) is 0.644. The van der Waals surface area contributed by atoms with Gasteiger partial charge >= 0.3 is 11.9 Å². The number of aliphatic carboxylic acids is 1. The zero-order chi connectivity index (χ0) is 11.1. The van der Waals surface area contributed by atoms with E-state index in [1.165, 1.54) is 0 Å². The zero-order valence-corrected chi connectivity index (χ0v) is 8.02. The van der Waals surface area contributed by atoms with Crippen LogP contribution in [0, 0.1) is 0 Å². The number of ether oxygens (including phenoxy) is 1. The van der Waals surface area contributed by atoms with Crippen molar-refractivity contribution in [2.75, 3.05) is 6.61 Å². The van der Waals surface area contributed by atoms with Crippen LogP contribution in [0.5, 0.6) is 0 Å². The molecule has 14 heavy (non-hydrogen) atoms. The van der Waals surface area contributed by atoms with Gasteiger partial charge < -0.3 is 14.9 Å². The lowest BCUT2D eigenvalue weighted by atomic mass is 10.2. The van der Waals surface area contributed by atoms with E-state index in [9.17, 15) is 9.59 Å². The largest absolute Gasteiger partial charge is 0.478 e. The maximum Gasteiger partial charge on any atom is 0.331 e. The van der Waals surface area contributed by atoms with Gasteiger partial charge in [0.25, 0.3) is 0 Å². The summed E-state index contributed by atoms with van der Waals surface area (Å²) in [7, 11) is 0. The molecular formula is C9H14O5. The number of aliphatic hydroxyl groups is 1. The summed E-state index contributed by atoms with van der Waals surface area (Å²) in [6, 6.07) is 0. The van der Waals surface area contributed by atoms with E-state index < -0.39 is 18.0 Å². The highest BCUT2D eigenvalue weighted by molar-refractivity contribution is 5.91. The minimum atomic E-state index is -1.21. The van der Waals surface area contributed by atoms with E-state index in [1.807, 2.05) is 0 Å². The SMILES string of the molecule is C=C(CC(=O)OCCC(C)O)C(=O)O. The molecule has 0 aliphatic heterocycles. The quantitative estimate of drug-likeness (QED) is 0.479. The predicted molar refractivity (Wildman–Crippen MR) is 48.6 cm³/mol. The molecule has 0 aromatic rings. The molecule has 0 amide bonds. The highest BCUT2D eigenvalue weighted by Gasteiger charge is 2.11. The Balaban J connectivity index is 3.66. The number of carbonyl (C=O) groups excluding carboxylic acids is 1. The summed E-state index contributed by atoms with van der Waals surface area (Å²) in [6.45, 7) is 4.85. The number of hydrogen-bond acceptors (Lipinski definition) is 4. The van der Waals surface area contributed by atoms with Crippen LogP contribution in [0.2, 0.25) is 0 Å². The molecule has 0 radical (unpaired) electrons. The van der Waals surface area contributed by atoms with Crippen molar-refractivity contribution in [2.24, 2.45) is 0 Å². The van der Waals surface area contributed by atoms with Gasteiger partial charge in [-0.05, 0) is 6.92 Å². The Morgan fingerprint density at radius 1 is 1.50 bits per heavy atom. The molecule has 0 saturated carbocycles. The van der Waals surface area contributed by atoms with Crippen molar-refractivity contribution < 1.29 is 24.5 Å². The molecule has 0 aliphatic rings. The molecule has 80 valence electrons. The van der Waals surface area contributed by atoms with Crippen LogP contribution < -0.4 is 0 Å². The van der Waals surface area contributed by atoms with Crippen molar-refractivity contribution in [3.05, 3.63) is 12.2 Å². The summed E-state index contributed by atoms with van der Waals surface area (Å²) >= 11 is 0. The van der Waals surface area contributed by atoms with Gasteiger partial charge in [0.2, 0.25) is 0 Å². The van der Waals surface area contributed by atoms with Crippen LogP contribution in [-0.2, 0) is 14.3 Å². The molecule has 0 aliphatic carbocycles. The molecule has 0 saturated heterocycles. The van der Waals surface area contributed by atoms with Crippen LogP contribution in [0.15, 0.2) is 12.2 Å². The molecule has 2 N–H and O–H groups in total. The van der Waals surface area contributed by atoms with Crippen LogP contribution >= 0.6 is 0 Å². The molecule has 1 unspecified atom stereocenters. The first-order chi connectivity index (χ1) is 6.43. The van der Waals surface area contributed by atoms with Gasteiger partial charge in [0.05, 0.1) is 19.1 Å². The van der Waals surface area contributed by atoms with Crippen molar-refractivity contribution in [1.29, 1.82) is 0 Å². The molecule has 0 aromatic heterocycles. The summed E-state index contributed by atoms with van der Waals surface area (Å²) in [5.41, 5.74) is -0.202. The van der Waals surface area contributed by atoms with Crippen LogP contribution in [0.4, 0.5) is 0 Å². The molecule has 1 atom stereocenters. The Kier molecular flexibility index (Phi) is 5.55. The fourth-order valence-corrected chi connectivity index (χ4v) is 0.644. The van der Waals surface area contributed by atoms with Gasteiger partial charge in [0.1, 0.15) is 0 Å². The lowest BCUT2D eigenvalue weighted by molar-refractivity contribution is -0.145. The second kappa shape index (κ2) is 6.15. The van der Waals surface area contributed by atoms with Crippen LogP contribution in [0.25, 0.3) is 0 Å². The maximum absolute atomic E-state index is 10.9. The van der Waals surface area contributed by atoms with Crippen molar-refractivity contribution >= 4 is 11.9 Å². The Labute approximate surface area is 82.0 Å². The number of hydrogen-bond donors (Lipinski definition) is 2. The zero-order valence-electron chi connectivity index (χ0n) is 8.02. The normalized spacial score (nSPS) is 11.9. The number of aliphatic hydroxyl groups excluding tert-OH is 1. The number of carboxylic acid groups (broad SMARTS) is 1. The topological polar surface area (TPSA) is 83.8 Å². The monoisotopic (exact) mass is 202 g/mol. The highest BCUT2D eigenvalue weighted by atomic mass is 16.5. The van der Waals surface area contributed by atoms with Crippen LogP contribution in [0.1, 0.15) is 19.8 Å². The Morgan fingerprint density at radius 3 is 2.50 bits per heavy atom. The first kappa shape index (κ1) is 12.6. The Hall–Kier alpha value is -1.36. The molecule has 0 rings (SSSR count). The molecule has 0 heterocycles. The average Bonchev–Trinajstić information content (AvgIpc) is 2.02. The van der Waals surface area contributed by atoms with Gasteiger partial charge in [-0.15, -0.1) is 0 Å². The van der Waals surface area contributed by atoms with Gasteiger partial charge in [-0.25, -0.2) is 4.79 Å². The summed E-state index contributed by atoms with van der Waals surface area (Å²) < 4.78 is 4.65. The Bertz CT molecular complexity index is 231. The maximum atomic E-state index is 10.9. The van der Waals surface area contributed by atoms with E-state index in [4.69, 9.17) is 10.2 Å². The lowest BCUT2D eigenvalue weighted by Crippen LogP contribution is -2.13. The van der Waals surface area contributed by atoms with Gasteiger partial charge in [0.15, 0.2) is 0 Å². The predicted octanol–water partition coefficient (Wildman–Crippen LogP) is 0.331. The molecule has 0 fully saturated rings. The minimum Gasteiger partial charge on any atom is -0.478 e. The van der Waals surface area contributed by atoms with Crippen molar-refractivity contribution in [3.63, 3.8) is 0 Å². The van der Waals surface area contributed by atoms with Crippen LogP contribution in [0.3, 0.4) is 0 Å². The van der Waals surface area contributed by atoms with E-state index in [1.54, 1.807) is 6.92 Å². The molecule has 5 heteroatoms. The van der Waals surface area contributed by atoms with Crippen LogP contribution in [-0.4, -0.2) is 34.9 Å². The average molecular weight is 202 g/mol. The van der Waals surface area contributed by atoms with Gasteiger partial charge in [-0.3, -0.25) is 4.79 Å². The van der Waals surface area contributed by atoms with Gasteiger partial charge in [0, 0.05) is 12.0 Å². The van der Waals surface area contributed by atoms with E-state index >= 15 is 0 Å². The number of carboxylic acids is 1. The van der Waals surface area contributed by atoms with Crippen molar-refractivity contribution in [3.8, 4) is 0 Å². The molecular weight excluding hydrogens is 188 g/mol. The van der Waals surface area contributed by atoms with Crippen molar-refractivity contribution in [1.82, 2.24) is 0 Å². The Morgan fingerprint density at radius 2 is 2.07 bits per heavy atom. The third-order valence-electron chi connectivity index (χ3n) is 1.46. The molecule has 0 aromatic carbocycles. The standard InChI is InChI=1S/C9H14O5/c1-6(9(12)13)5-8(11)14-4-3-7(2)10/h7,10H,1,3-5H2,2H3,(H,12,13). The molecule has 0 bridgehead atoms. The first-order valence-electron chi connectivity index (χ1n) is 4.18. The summed E-state index contributed by atoms with van der Waals surface area (Å²) in [4.78, 5) is 21.2. The van der Waals surface area contributed by atoms with E-state index in [0.717, 1.165) is 0 Å². The van der Waals surface area contributed by atoms with E-state index in [2.05, 4.69) is 11.3 Å². The molecule has 5 nitrogen and oxygen atoms in total. The third kappa shape index (κ3) is 6.19. The van der Waals surface area contributed by atoms with E-state index in [-0.39, 0.29) is 18.6 Å². The molecule has 0 spiro atoms. The number of esters is 1. The third-order valence-corrected chi connectivity index (χ3v) is 1.46. The highest BCUT2D eigenvalue weighted by Crippen LogP contribution is 2.01. The second-order valence-electron chi connectivity index (χ2n) is 2.94. The van der Waals surface area contributed by atoms with Crippen molar-refractivity contribution in [2.45, 2.75) is 25.9 Å². The van der Waals surface area contributed by atoms with E-state index in [0.29, 0.717) is 6.42 Å². The lowest BCUT2D eigenvalue weighted by Gasteiger charge is -2.05. The summed E-state index contributed by atoms with van der Waals surface area (Å²) in [5, 5.41) is 17.2. The fraction of sp³-hybridized carbons (Fsp3) is 0.556. The first-order valence-corrected chi connectivity index (χ1v) is 4.18. The number of carbonyl (C=O) groups is 2. The van der Waals surface area contributed by atoms with Gasteiger partial charge in [-0.2, -0.15) is 0 Å². The summed E-state index contributed by atoms with van der Waals surface area (Å²) in [5.74, 6) is -1.85. The minimum absolute atomic E-state index is 0.0867. The van der Waals surface area contributed by atoms with Gasteiger partial charge in [-0.1, -0.05) is 6.58 Å². The summed E-state index contributed by atoms with van der Waals surface area (Å²) in [6.07, 6.45) is -0.522. The number of rotatable bonds is 6.